The molecule has 3 saturated heterocycles. The van der Waals surface area contributed by atoms with Gasteiger partial charge in [0.25, 0.3) is 0 Å². The number of hydrogen-bond acceptors (Lipinski definition) is 6. The summed E-state index contributed by atoms with van der Waals surface area (Å²) in [5.41, 5.74) is 0.636. The number of rotatable bonds is 10. The highest BCUT2D eigenvalue weighted by atomic mass is 35.5. The molecule has 4 fully saturated rings. The van der Waals surface area contributed by atoms with Crippen LogP contribution >= 0.6 is 23.2 Å². The summed E-state index contributed by atoms with van der Waals surface area (Å²) in [6, 6.07) is 14.7. The minimum Gasteiger partial charge on any atom is -0.359 e. The van der Waals surface area contributed by atoms with Crippen LogP contribution in [0.4, 0.5) is 5.69 Å². The highest BCUT2D eigenvalue weighted by Crippen LogP contribution is 2.55. The van der Waals surface area contributed by atoms with Crippen LogP contribution in [0.1, 0.15) is 44.1 Å². The maximum atomic E-state index is 14.3. The summed E-state index contributed by atoms with van der Waals surface area (Å²) >= 11 is 12.3. The number of ether oxygens (including phenoxy) is 1. The van der Waals surface area contributed by atoms with E-state index in [-0.39, 0.29) is 23.8 Å². The van der Waals surface area contributed by atoms with Crippen molar-refractivity contribution in [2.75, 3.05) is 44.6 Å². The Morgan fingerprint density at radius 3 is 2.38 bits per heavy atom. The number of benzene rings is 2. The molecule has 1 aliphatic carbocycles. The summed E-state index contributed by atoms with van der Waals surface area (Å²) in [7, 11) is 0. The van der Waals surface area contributed by atoms with Crippen molar-refractivity contribution in [2.24, 2.45) is 11.8 Å². The number of piperazine rings is 1. The van der Waals surface area contributed by atoms with Crippen LogP contribution in [0.25, 0.3) is 0 Å². The lowest BCUT2D eigenvalue weighted by molar-refractivity contribution is -0.141. The number of anilines is 1. The van der Waals surface area contributed by atoms with Gasteiger partial charge in [-0.3, -0.25) is 19.3 Å². The Labute approximate surface area is 286 Å². The molecule has 0 unspecified atom stereocenters. The maximum Gasteiger partial charge on any atom is 0.246 e. The lowest BCUT2D eigenvalue weighted by atomic mass is 9.74. The number of halogens is 2. The van der Waals surface area contributed by atoms with Crippen LogP contribution in [-0.4, -0.2) is 95.5 Å². The standard InChI is InChI=1S/C36H43Cl2N5O4/c37-27-13-12-26(22-28(27)38)40-33(44)30-29-14-15-36(47-29)31(30)35(46)43(32(36)34(45)39-25-10-5-2-6-11-25)17-7-16-41-18-20-42(21-19-41)23-24-8-3-1-4-9-24/h1,3-4,8-9,12-15,22,25,29-32H,2,5-7,10-11,16-21,23H2,(H,39,45)(H,40,44)/t29-,30+,31-,32+,36-/m0/s1. The van der Waals surface area contributed by atoms with E-state index in [0.29, 0.717) is 22.3 Å². The molecule has 2 N–H and O–H groups in total. The first-order chi connectivity index (χ1) is 22.8. The third kappa shape index (κ3) is 6.57. The fourth-order valence-electron chi connectivity index (χ4n) is 8.31. The Hall–Kier alpha value is -2.95. The number of amides is 3. The second-order valence-corrected chi connectivity index (χ2v) is 14.5. The topological polar surface area (TPSA) is 94.2 Å². The van der Waals surface area contributed by atoms with Crippen molar-refractivity contribution >= 4 is 46.6 Å². The first kappa shape index (κ1) is 32.6. The second kappa shape index (κ2) is 13.9. The van der Waals surface area contributed by atoms with Gasteiger partial charge in [-0.15, -0.1) is 0 Å². The molecular weight excluding hydrogens is 637 g/mol. The molecule has 0 radical (unpaired) electrons. The first-order valence-corrected chi connectivity index (χ1v) is 17.8. The zero-order valence-corrected chi connectivity index (χ0v) is 28.1. The summed E-state index contributed by atoms with van der Waals surface area (Å²) < 4.78 is 6.52. The van der Waals surface area contributed by atoms with Crippen LogP contribution in [0, 0.1) is 11.8 Å². The quantitative estimate of drug-likeness (QED) is 0.353. The second-order valence-electron chi connectivity index (χ2n) is 13.7. The van der Waals surface area contributed by atoms with E-state index in [9.17, 15) is 14.4 Å². The Bertz CT molecular complexity index is 1510. The molecular formula is C36H43Cl2N5O4. The van der Waals surface area contributed by atoms with Gasteiger partial charge >= 0.3 is 0 Å². The van der Waals surface area contributed by atoms with E-state index in [4.69, 9.17) is 27.9 Å². The van der Waals surface area contributed by atoms with E-state index >= 15 is 0 Å². The summed E-state index contributed by atoms with van der Waals surface area (Å²) in [5, 5.41) is 6.90. The fraction of sp³-hybridized carbons (Fsp3) is 0.528. The lowest BCUT2D eigenvalue weighted by Crippen LogP contribution is -2.56. The monoisotopic (exact) mass is 679 g/mol. The number of carbonyl (C=O) groups excluding carboxylic acids is 3. The minimum atomic E-state index is -1.18. The number of likely N-dealkylation sites (tertiary alicyclic amines) is 1. The molecule has 0 aromatic heterocycles. The van der Waals surface area contributed by atoms with Gasteiger partial charge in [-0.05, 0) is 49.6 Å². The van der Waals surface area contributed by atoms with Crippen molar-refractivity contribution in [1.82, 2.24) is 20.0 Å². The van der Waals surface area contributed by atoms with Gasteiger partial charge in [0.15, 0.2) is 0 Å². The molecule has 2 aromatic rings. The van der Waals surface area contributed by atoms with Crippen LogP contribution in [0.2, 0.25) is 10.0 Å². The van der Waals surface area contributed by atoms with Crippen molar-refractivity contribution in [2.45, 2.75) is 68.9 Å². The Balaban J connectivity index is 1.04. The zero-order chi connectivity index (χ0) is 32.5. The Kier molecular flexibility index (Phi) is 9.63. The third-order valence-electron chi connectivity index (χ3n) is 10.7. The lowest BCUT2D eigenvalue weighted by Gasteiger charge is -2.36. The number of carbonyl (C=O) groups is 3. The molecule has 2 aromatic carbocycles. The predicted molar refractivity (Wildman–Crippen MR) is 182 cm³/mol. The van der Waals surface area contributed by atoms with Crippen LogP contribution in [-0.2, 0) is 25.7 Å². The Morgan fingerprint density at radius 1 is 0.894 bits per heavy atom. The van der Waals surface area contributed by atoms with Gasteiger partial charge in [0, 0.05) is 51.0 Å². The zero-order valence-electron chi connectivity index (χ0n) is 26.6. The number of nitrogens with zero attached hydrogens (tertiary/aromatic N) is 3. The van der Waals surface area contributed by atoms with E-state index in [2.05, 4.69) is 44.7 Å². The van der Waals surface area contributed by atoms with Gasteiger partial charge in [-0.25, -0.2) is 0 Å². The van der Waals surface area contributed by atoms with Gasteiger partial charge in [0.1, 0.15) is 11.6 Å². The summed E-state index contributed by atoms with van der Waals surface area (Å²) in [4.78, 5) is 48.8. The summed E-state index contributed by atoms with van der Waals surface area (Å²) in [6.07, 6.45) is 9.08. The van der Waals surface area contributed by atoms with Crippen molar-refractivity contribution in [3.05, 3.63) is 76.3 Å². The van der Waals surface area contributed by atoms with Crippen molar-refractivity contribution in [1.29, 1.82) is 0 Å². The molecule has 4 aliphatic heterocycles. The van der Waals surface area contributed by atoms with Crippen LogP contribution < -0.4 is 10.6 Å². The molecule has 1 saturated carbocycles. The number of fused-ring (bicyclic) bond motifs is 1. The van der Waals surface area contributed by atoms with Gasteiger partial charge in [0.2, 0.25) is 17.7 Å². The molecule has 3 amide bonds. The Morgan fingerprint density at radius 2 is 1.64 bits per heavy atom. The smallest absolute Gasteiger partial charge is 0.246 e. The molecule has 47 heavy (non-hydrogen) atoms. The van der Waals surface area contributed by atoms with E-state index in [1.807, 2.05) is 18.2 Å². The van der Waals surface area contributed by atoms with Crippen LogP contribution in [0.3, 0.4) is 0 Å². The van der Waals surface area contributed by atoms with Crippen molar-refractivity contribution < 1.29 is 19.1 Å². The molecule has 4 heterocycles. The van der Waals surface area contributed by atoms with E-state index < -0.39 is 29.6 Å². The largest absolute Gasteiger partial charge is 0.359 e. The van der Waals surface area contributed by atoms with Crippen molar-refractivity contribution in [3.8, 4) is 0 Å². The normalized spacial score (nSPS) is 29.3. The number of hydrogen-bond donors (Lipinski definition) is 2. The average molecular weight is 681 g/mol. The molecule has 250 valence electrons. The highest BCUT2D eigenvalue weighted by molar-refractivity contribution is 6.42. The molecule has 5 atom stereocenters. The van der Waals surface area contributed by atoms with Crippen molar-refractivity contribution in [3.63, 3.8) is 0 Å². The molecule has 2 bridgehead atoms. The first-order valence-electron chi connectivity index (χ1n) is 17.0. The predicted octanol–water partition coefficient (Wildman–Crippen LogP) is 4.74. The van der Waals surface area contributed by atoms with Crippen LogP contribution in [0.15, 0.2) is 60.7 Å². The molecule has 5 aliphatic rings. The van der Waals surface area contributed by atoms with Gasteiger partial charge in [-0.1, -0.05) is 84.9 Å². The third-order valence-corrected chi connectivity index (χ3v) is 11.4. The van der Waals surface area contributed by atoms with Gasteiger partial charge < -0.3 is 25.2 Å². The number of nitrogens with one attached hydrogen (secondary N) is 2. The van der Waals surface area contributed by atoms with Crippen LogP contribution in [0.5, 0.6) is 0 Å². The average Bonchev–Trinajstić information content (AvgIpc) is 3.72. The van der Waals surface area contributed by atoms with E-state index in [1.54, 1.807) is 23.1 Å². The maximum absolute atomic E-state index is 14.3. The minimum absolute atomic E-state index is 0.0900. The highest BCUT2D eigenvalue weighted by Gasteiger charge is 2.72. The molecule has 7 rings (SSSR count). The summed E-state index contributed by atoms with van der Waals surface area (Å²) in [5.74, 6) is -2.26. The molecule has 1 spiro atoms. The summed E-state index contributed by atoms with van der Waals surface area (Å²) in [6.45, 7) is 6.11. The van der Waals surface area contributed by atoms with E-state index in [0.717, 1.165) is 71.4 Å². The SMILES string of the molecule is O=C(Nc1ccc(Cl)c(Cl)c1)[C@@H]1[C@@H]2C=C[C@]3(O2)[C@@H]1C(=O)N(CCCN1CCN(Cc2ccccc2)CC1)[C@@H]3C(=O)NC1CCCCC1. The van der Waals surface area contributed by atoms with E-state index in [1.165, 1.54) is 12.0 Å². The van der Waals surface area contributed by atoms with Gasteiger partial charge in [-0.2, -0.15) is 0 Å². The molecule has 11 heteroatoms. The van der Waals surface area contributed by atoms with Gasteiger partial charge in [0.05, 0.1) is 28.0 Å². The molecule has 9 nitrogen and oxygen atoms in total. The fourth-order valence-corrected chi connectivity index (χ4v) is 8.61.